The number of halogens is 1. The van der Waals surface area contributed by atoms with Crippen LogP contribution in [0, 0.1) is 5.41 Å². The molecule has 0 saturated carbocycles. The predicted octanol–water partition coefficient (Wildman–Crippen LogP) is 5.48. The van der Waals surface area contributed by atoms with E-state index in [4.69, 9.17) is 23.8 Å². The first-order chi connectivity index (χ1) is 12.2. The number of carbonyl (C=O) groups is 1. The minimum Gasteiger partial charge on any atom is -0.332 e. The molecule has 0 aliphatic heterocycles. The molecule has 0 spiro atoms. The van der Waals surface area contributed by atoms with E-state index in [1.54, 1.807) is 17.4 Å². The van der Waals surface area contributed by atoms with Crippen LogP contribution >= 0.6 is 35.2 Å². The lowest BCUT2D eigenvalue weighted by Gasteiger charge is -2.18. The fraction of sp³-hybridized carbons (Fsp3) is 0.211. The van der Waals surface area contributed by atoms with Gasteiger partial charge in [0.2, 0.25) is 5.91 Å². The molecule has 3 rings (SSSR count). The van der Waals surface area contributed by atoms with Gasteiger partial charge in [-0.1, -0.05) is 44.5 Å². The van der Waals surface area contributed by atoms with Crippen LogP contribution in [0.4, 0.5) is 5.69 Å². The van der Waals surface area contributed by atoms with Crippen LogP contribution in [0.25, 0.3) is 20.8 Å². The van der Waals surface area contributed by atoms with E-state index in [0.29, 0.717) is 10.7 Å². The molecule has 2 aromatic carbocycles. The van der Waals surface area contributed by atoms with Gasteiger partial charge in [0.1, 0.15) is 5.01 Å². The van der Waals surface area contributed by atoms with Gasteiger partial charge in [-0.05, 0) is 42.5 Å². The summed E-state index contributed by atoms with van der Waals surface area (Å²) in [5.41, 5.74) is 2.01. The second-order valence-electron chi connectivity index (χ2n) is 6.84. The quantitative estimate of drug-likeness (QED) is 0.556. The molecular weight excluding hydrogens is 386 g/mol. The Labute approximate surface area is 166 Å². The number of hydrogen-bond donors (Lipinski definition) is 2. The van der Waals surface area contributed by atoms with E-state index in [2.05, 4.69) is 15.6 Å². The number of para-hydroxylation sites is 1. The molecule has 0 aliphatic carbocycles. The predicted molar refractivity (Wildman–Crippen MR) is 114 cm³/mol. The Bertz CT molecular complexity index is 959. The number of benzene rings is 2. The Morgan fingerprint density at radius 1 is 1.19 bits per heavy atom. The van der Waals surface area contributed by atoms with Crippen LogP contribution in [0.3, 0.4) is 0 Å². The first kappa shape index (κ1) is 18.8. The van der Waals surface area contributed by atoms with Crippen molar-refractivity contribution in [3.63, 3.8) is 0 Å². The molecule has 7 heteroatoms. The third-order valence-corrected chi connectivity index (χ3v) is 5.25. The SMILES string of the molecule is CC(C)(C)C(=O)NC(=S)Nc1ccc(-c2nc3ccccc3s2)c(Cl)c1. The summed E-state index contributed by atoms with van der Waals surface area (Å²) in [6.45, 7) is 5.48. The van der Waals surface area contributed by atoms with Crippen LogP contribution in [-0.4, -0.2) is 16.0 Å². The number of carbonyl (C=O) groups excluding carboxylic acids is 1. The summed E-state index contributed by atoms with van der Waals surface area (Å²) < 4.78 is 1.12. The van der Waals surface area contributed by atoms with E-state index in [0.717, 1.165) is 20.8 Å². The van der Waals surface area contributed by atoms with E-state index in [-0.39, 0.29) is 11.0 Å². The smallest absolute Gasteiger partial charge is 0.231 e. The molecular formula is C19H18ClN3OS2. The van der Waals surface area contributed by atoms with Gasteiger partial charge in [-0.2, -0.15) is 0 Å². The highest BCUT2D eigenvalue weighted by atomic mass is 35.5. The summed E-state index contributed by atoms with van der Waals surface area (Å²) in [6, 6.07) is 13.5. The van der Waals surface area contributed by atoms with E-state index < -0.39 is 5.41 Å². The molecule has 0 aliphatic rings. The van der Waals surface area contributed by atoms with Crippen molar-refractivity contribution in [1.29, 1.82) is 0 Å². The fourth-order valence-corrected chi connectivity index (χ4v) is 3.75. The largest absolute Gasteiger partial charge is 0.332 e. The van der Waals surface area contributed by atoms with E-state index >= 15 is 0 Å². The van der Waals surface area contributed by atoms with Gasteiger partial charge in [0.15, 0.2) is 5.11 Å². The average molecular weight is 404 g/mol. The minimum atomic E-state index is -0.514. The first-order valence-corrected chi connectivity index (χ1v) is 9.62. The van der Waals surface area contributed by atoms with Crippen LogP contribution in [0.15, 0.2) is 42.5 Å². The number of hydrogen-bond acceptors (Lipinski definition) is 4. The zero-order chi connectivity index (χ0) is 18.9. The standard InChI is InChI=1S/C19H18ClN3OS2/c1-19(2,3)17(24)23-18(25)21-11-8-9-12(13(20)10-11)16-22-14-6-4-5-7-15(14)26-16/h4-10H,1-3H3,(H2,21,23,24,25). The molecule has 134 valence electrons. The van der Waals surface area contributed by atoms with E-state index in [1.807, 2.05) is 57.2 Å². The Morgan fingerprint density at radius 2 is 1.92 bits per heavy atom. The van der Waals surface area contributed by atoms with Crippen LogP contribution < -0.4 is 10.6 Å². The number of rotatable bonds is 2. The van der Waals surface area contributed by atoms with Crippen molar-refractivity contribution in [3.05, 3.63) is 47.5 Å². The highest BCUT2D eigenvalue weighted by Crippen LogP contribution is 2.35. The van der Waals surface area contributed by atoms with Gasteiger partial charge < -0.3 is 10.6 Å². The number of thiazole rings is 1. The molecule has 1 aromatic heterocycles. The number of nitrogens with zero attached hydrogens (tertiary/aromatic N) is 1. The Kier molecular flexibility index (Phi) is 5.27. The zero-order valence-electron chi connectivity index (χ0n) is 14.6. The Hall–Kier alpha value is -2.02. The molecule has 0 atom stereocenters. The van der Waals surface area contributed by atoms with Crippen molar-refractivity contribution < 1.29 is 4.79 Å². The monoisotopic (exact) mass is 403 g/mol. The summed E-state index contributed by atoms with van der Waals surface area (Å²) >= 11 is 13.2. The number of thiocarbonyl (C=S) groups is 1. The van der Waals surface area contributed by atoms with Gasteiger partial charge in [0, 0.05) is 16.7 Å². The van der Waals surface area contributed by atoms with Gasteiger partial charge in [0.25, 0.3) is 0 Å². The Balaban J connectivity index is 1.77. The highest BCUT2D eigenvalue weighted by Gasteiger charge is 2.22. The van der Waals surface area contributed by atoms with Gasteiger partial charge in [-0.25, -0.2) is 4.98 Å². The third-order valence-electron chi connectivity index (χ3n) is 3.66. The van der Waals surface area contributed by atoms with Gasteiger partial charge in [-0.15, -0.1) is 11.3 Å². The van der Waals surface area contributed by atoms with Gasteiger partial charge >= 0.3 is 0 Å². The molecule has 0 radical (unpaired) electrons. The number of aromatic nitrogens is 1. The van der Waals surface area contributed by atoms with Gasteiger partial charge in [0.05, 0.1) is 15.2 Å². The number of fused-ring (bicyclic) bond motifs is 1. The van der Waals surface area contributed by atoms with Crippen molar-refractivity contribution in [1.82, 2.24) is 10.3 Å². The second kappa shape index (κ2) is 7.31. The van der Waals surface area contributed by atoms with Gasteiger partial charge in [-0.3, -0.25) is 4.79 Å². The zero-order valence-corrected chi connectivity index (χ0v) is 17.0. The van der Waals surface area contributed by atoms with Crippen molar-refractivity contribution in [2.24, 2.45) is 5.41 Å². The molecule has 1 amide bonds. The molecule has 4 nitrogen and oxygen atoms in total. The van der Waals surface area contributed by atoms with E-state index in [1.165, 1.54) is 0 Å². The fourth-order valence-electron chi connectivity index (χ4n) is 2.21. The highest BCUT2D eigenvalue weighted by molar-refractivity contribution is 7.80. The maximum atomic E-state index is 12.0. The normalized spacial score (nSPS) is 11.4. The molecule has 1 heterocycles. The molecule has 26 heavy (non-hydrogen) atoms. The number of amides is 1. The summed E-state index contributed by atoms with van der Waals surface area (Å²) in [4.78, 5) is 16.6. The van der Waals surface area contributed by atoms with Crippen molar-refractivity contribution in [2.45, 2.75) is 20.8 Å². The van der Waals surface area contributed by atoms with E-state index in [9.17, 15) is 4.79 Å². The lowest BCUT2D eigenvalue weighted by molar-refractivity contribution is -0.126. The summed E-state index contributed by atoms with van der Waals surface area (Å²) in [5.74, 6) is -0.146. The molecule has 0 fully saturated rings. The lowest BCUT2D eigenvalue weighted by atomic mass is 9.96. The molecule has 2 N–H and O–H groups in total. The molecule has 3 aromatic rings. The number of nitrogens with one attached hydrogen (secondary N) is 2. The van der Waals surface area contributed by atoms with Crippen molar-refractivity contribution >= 4 is 62.1 Å². The van der Waals surface area contributed by atoms with Crippen molar-refractivity contribution in [2.75, 3.05) is 5.32 Å². The third kappa shape index (κ3) is 4.20. The maximum Gasteiger partial charge on any atom is 0.231 e. The maximum absolute atomic E-state index is 12.0. The molecule has 0 saturated heterocycles. The summed E-state index contributed by atoms with van der Waals surface area (Å²) in [7, 11) is 0. The lowest BCUT2D eigenvalue weighted by Crippen LogP contribution is -2.41. The first-order valence-electron chi connectivity index (χ1n) is 8.02. The summed E-state index contributed by atoms with van der Waals surface area (Å²) in [6.07, 6.45) is 0. The van der Waals surface area contributed by atoms with Crippen LogP contribution in [0.1, 0.15) is 20.8 Å². The number of anilines is 1. The minimum absolute atomic E-state index is 0.146. The van der Waals surface area contributed by atoms with Crippen LogP contribution in [-0.2, 0) is 4.79 Å². The topological polar surface area (TPSA) is 54.0 Å². The van der Waals surface area contributed by atoms with Crippen LogP contribution in [0.5, 0.6) is 0 Å². The average Bonchev–Trinajstić information content (AvgIpc) is 2.97. The molecule has 0 unspecified atom stereocenters. The second-order valence-corrected chi connectivity index (χ2v) is 8.69. The van der Waals surface area contributed by atoms with Crippen molar-refractivity contribution in [3.8, 4) is 10.6 Å². The van der Waals surface area contributed by atoms with Crippen LogP contribution in [0.2, 0.25) is 5.02 Å². The molecule has 0 bridgehead atoms. The Morgan fingerprint density at radius 3 is 2.58 bits per heavy atom. The summed E-state index contributed by atoms with van der Waals surface area (Å²) in [5, 5.41) is 7.35.